The molecule has 1 N–H and O–H groups in total. The number of aryl methyl sites for hydroxylation is 2. The summed E-state index contributed by atoms with van der Waals surface area (Å²) in [5.74, 6) is -1.08. The third-order valence-electron chi connectivity index (χ3n) is 5.97. The van der Waals surface area contributed by atoms with E-state index in [4.69, 9.17) is 4.74 Å². The van der Waals surface area contributed by atoms with Gasteiger partial charge in [0.1, 0.15) is 0 Å². The third-order valence-corrected chi connectivity index (χ3v) is 8.14. The van der Waals surface area contributed by atoms with Gasteiger partial charge in [-0.25, -0.2) is 8.42 Å². The Bertz CT molecular complexity index is 887. The maximum Gasteiger partial charge on any atom is 0.309 e. The summed E-state index contributed by atoms with van der Waals surface area (Å²) in [6.07, 6.45) is 2.74. The quantitative estimate of drug-likeness (QED) is 0.709. The number of piperidine rings is 1. The number of rotatable bonds is 6. The van der Waals surface area contributed by atoms with E-state index in [1.807, 2.05) is 33.8 Å². The van der Waals surface area contributed by atoms with Crippen molar-refractivity contribution in [3.05, 3.63) is 28.3 Å². The largest absolute Gasteiger partial charge is 0.455 e. The van der Waals surface area contributed by atoms with Crippen LogP contribution in [0.2, 0.25) is 0 Å². The van der Waals surface area contributed by atoms with E-state index in [1.54, 1.807) is 0 Å². The molecule has 2 aliphatic rings. The molecule has 1 aromatic rings. The van der Waals surface area contributed by atoms with Crippen molar-refractivity contribution in [3.8, 4) is 0 Å². The van der Waals surface area contributed by atoms with Crippen LogP contribution >= 0.6 is 0 Å². The van der Waals surface area contributed by atoms with E-state index in [1.165, 1.54) is 4.31 Å². The molecule has 0 radical (unpaired) electrons. The number of carbonyl (C=O) groups is 2. The van der Waals surface area contributed by atoms with Crippen LogP contribution in [0, 0.1) is 33.6 Å². The highest BCUT2D eigenvalue weighted by molar-refractivity contribution is 7.89. The van der Waals surface area contributed by atoms with Crippen LogP contribution < -0.4 is 5.32 Å². The van der Waals surface area contributed by atoms with Crippen molar-refractivity contribution in [2.75, 3.05) is 19.7 Å². The molecule has 2 fully saturated rings. The number of ether oxygens (including phenoxy) is 1. The van der Waals surface area contributed by atoms with E-state index < -0.39 is 16.0 Å². The number of nitrogens with zero attached hydrogens (tertiary/aromatic N) is 1. The Morgan fingerprint density at radius 2 is 1.59 bits per heavy atom. The first kappa shape index (κ1) is 21.8. The Morgan fingerprint density at radius 3 is 2.10 bits per heavy atom. The van der Waals surface area contributed by atoms with E-state index in [0.29, 0.717) is 17.7 Å². The van der Waals surface area contributed by atoms with Gasteiger partial charge in [0.25, 0.3) is 5.91 Å². The van der Waals surface area contributed by atoms with Gasteiger partial charge < -0.3 is 10.1 Å². The molecule has 1 saturated heterocycles. The molecule has 7 nitrogen and oxygen atoms in total. The minimum absolute atomic E-state index is 0.229. The first-order chi connectivity index (χ1) is 13.6. The van der Waals surface area contributed by atoms with Crippen LogP contribution in [0.15, 0.2) is 11.0 Å². The predicted molar refractivity (Wildman–Crippen MR) is 109 cm³/mol. The normalized spacial score (nSPS) is 18.5. The number of sulfonamides is 1. The second-order valence-electron chi connectivity index (χ2n) is 8.22. The molecule has 3 rings (SSSR count). The zero-order valence-corrected chi connectivity index (χ0v) is 18.4. The molecule has 1 aromatic carbocycles. The smallest absolute Gasteiger partial charge is 0.309 e. The summed E-state index contributed by atoms with van der Waals surface area (Å²) < 4.78 is 33.2. The summed E-state index contributed by atoms with van der Waals surface area (Å²) in [5, 5.41) is 2.77. The number of amides is 1. The minimum Gasteiger partial charge on any atom is -0.455 e. The maximum atomic E-state index is 13.3. The molecule has 0 spiro atoms. The van der Waals surface area contributed by atoms with Crippen LogP contribution in [0.25, 0.3) is 0 Å². The molecule has 0 unspecified atom stereocenters. The Balaban J connectivity index is 1.61. The van der Waals surface area contributed by atoms with Gasteiger partial charge in [-0.05, 0) is 75.6 Å². The zero-order valence-electron chi connectivity index (χ0n) is 17.6. The monoisotopic (exact) mass is 422 g/mol. The molecular formula is C21H30N2O5S. The average Bonchev–Trinajstić information content (AvgIpc) is 3.48. The van der Waals surface area contributed by atoms with E-state index >= 15 is 0 Å². The molecule has 160 valence electrons. The van der Waals surface area contributed by atoms with E-state index in [0.717, 1.165) is 35.1 Å². The summed E-state index contributed by atoms with van der Waals surface area (Å²) in [6, 6.07) is 2.23. The molecule has 0 bridgehead atoms. The number of hydrogen-bond acceptors (Lipinski definition) is 5. The highest BCUT2D eigenvalue weighted by Gasteiger charge is 2.35. The summed E-state index contributed by atoms with van der Waals surface area (Å²) >= 11 is 0. The van der Waals surface area contributed by atoms with Gasteiger partial charge in [0.15, 0.2) is 6.61 Å². The van der Waals surface area contributed by atoms with Crippen molar-refractivity contribution >= 4 is 21.9 Å². The molecule has 0 atom stereocenters. The molecule has 0 aromatic heterocycles. The van der Waals surface area contributed by atoms with Gasteiger partial charge in [-0.1, -0.05) is 6.07 Å². The molecule has 8 heteroatoms. The van der Waals surface area contributed by atoms with Crippen molar-refractivity contribution in [1.82, 2.24) is 9.62 Å². The van der Waals surface area contributed by atoms with Gasteiger partial charge in [-0.3, -0.25) is 9.59 Å². The number of benzene rings is 1. The highest BCUT2D eigenvalue weighted by Crippen LogP contribution is 2.31. The standard InChI is InChI=1S/C21H30N2O5S/c1-13-11-14(2)16(4)20(15(13)3)29(26,27)23-9-7-17(8-10-23)21(25)28-12-19(24)22-18-5-6-18/h11,17-18H,5-10,12H2,1-4H3,(H,22,24). The van der Waals surface area contributed by atoms with Crippen LogP contribution in [0.4, 0.5) is 0 Å². The lowest BCUT2D eigenvalue weighted by Crippen LogP contribution is -2.41. The molecule has 1 aliphatic carbocycles. The third kappa shape index (κ3) is 4.80. The summed E-state index contributed by atoms with van der Waals surface area (Å²) in [5.41, 5.74) is 3.46. The molecule has 1 amide bonds. The second kappa shape index (κ2) is 8.44. The fourth-order valence-electron chi connectivity index (χ4n) is 3.78. The van der Waals surface area contributed by atoms with E-state index in [2.05, 4.69) is 5.32 Å². The molecule has 1 aliphatic heterocycles. The molecule has 1 heterocycles. The van der Waals surface area contributed by atoms with Crippen LogP contribution in [0.5, 0.6) is 0 Å². The SMILES string of the molecule is Cc1cc(C)c(C)c(S(=O)(=O)N2CCC(C(=O)OCC(=O)NC3CC3)CC2)c1C. The van der Waals surface area contributed by atoms with Crippen molar-refractivity contribution in [2.45, 2.75) is 64.3 Å². The van der Waals surface area contributed by atoms with Gasteiger partial charge in [-0.2, -0.15) is 4.31 Å². The summed E-state index contributed by atoms with van der Waals surface area (Å²) in [4.78, 5) is 24.3. The van der Waals surface area contributed by atoms with Gasteiger partial charge in [-0.15, -0.1) is 0 Å². The highest BCUT2D eigenvalue weighted by atomic mass is 32.2. The topological polar surface area (TPSA) is 92.8 Å². The number of nitrogens with one attached hydrogen (secondary N) is 1. The van der Waals surface area contributed by atoms with E-state index in [9.17, 15) is 18.0 Å². The fraction of sp³-hybridized carbons (Fsp3) is 0.619. The lowest BCUT2D eigenvalue weighted by atomic mass is 9.98. The average molecular weight is 423 g/mol. The van der Waals surface area contributed by atoms with Crippen molar-refractivity contribution < 1.29 is 22.7 Å². The zero-order chi connectivity index (χ0) is 21.3. The van der Waals surface area contributed by atoms with Crippen molar-refractivity contribution in [1.29, 1.82) is 0 Å². The van der Waals surface area contributed by atoms with E-state index in [-0.39, 0.29) is 37.6 Å². The first-order valence-corrected chi connectivity index (χ1v) is 11.6. The van der Waals surface area contributed by atoms with Gasteiger partial charge in [0.2, 0.25) is 10.0 Å². The van der Waals surface area contributed by atoms with Crippen molar-refractivity contribution in [3.63, 3.8) is 0 Å². The molecule has 29 heavy (non-hydrogen) atoms. The lowest BCUT2D eigenvalue weighted by molar-refractivity contribution is -0.153. The Kier molecular flexibility index (Phi) is 6.33. The number of hydrogen-bond donors (Lipinski definition) is 1. The summed E-state index contributed by atoms with van der Waals surface area (Å²) in [7, 11) is -3.63. The van der Waals surface area contributed by atoms with Gasteiger partial charge in [0.05, 0.1) is 10.8 Å². The number of esters is 1. The predicted octanol–water partition coefficient (Wildman–Crippen LogP) is 2.14. The van der Waals surface area contributed by atoms with Crippen LogP contribution in [0.3, 0.4) is 0 Å². The minimum atomic E-state index is -3.63. The Labute approximate surface area is 172 Å². The van der Waals surface area contributed by atoms with Gasteiger partial charge >= 0.3 is 5.97 Å². The lowest BCUT2D eigenvalue weighted by Gasteiger charge is -2.31. The van der Waals surface area contributed by atoms with Crippen molar-refractivity contribution in [2.24, 2.45) is 5.92 Å². The van der Waals surface area contributed by atoms with Crippen LogP contribution in [0.1, 0.15) is 47.9 Å². The first-order valence-electron chi connectivity index (χ1n) is 10.1. The maximum absolute atomic E-state index is 13.3. The molecule has 1 saturated carbocycles. The Hall–Kier alpha value is -1.93. The van der Waals surface area contributed by atoms with Gasteiger partial charge in [0, 0.05) is 19.1 Å². The fourth-order valence-corrected chi connectivity index (χ4v) is 5.83. The second-order valence-corrected chi connectivity index (χ2v) is 10.1. The summed E-state index contributed by atoms with van der Waals surface area (Å²) in [6.45, 7) is 7.78. The van der Waals surface area contributed by atoms with Crippen LogP contribution in [-0.4, -0.2) is 50.3 Å². The number of carbonyl (C=O) groups excluding carboxylic acids is 2. The van der Waals surface area contributed by atoms with Crippen LogP contribution in [-0.2, 0) is 24.3 Å². The Morgan fingerprint density at radius 1 is 1.03 bits per heavy atom. The molecular weight excluding hydrogens is 392 g/mol.